The van der Waals surface area contributed by atoms with Crippen LogP contribution in [-0.4, -0.2) is 16.9 Å². The molecule has 0 heterocycles. The highest BCUT2D eigenvalue weighted by molar-refractivity contribution is 9.08. The molecular weight excluding hydrogens is 236 g/mol. The predicted molar refractivity (Wildman–Crippen MR) is 51.0 cm³/mol. The molecule has 3 nitrogen and oxygen atoms in total. The van der Waals surface area contributed by atoms with Gasteiger partial charge in [-0.15, -0.1) is 0 Å². The Labute approximate surface area is 83.5 Å². The average molecular weight is 243 g/mol. The Balaban J connectivity index is 3.13. The molecule has 0 atom stereocenters. The molecule has 1 N–H and O–H groups in total. The van der Waals surface area contributed by atoms with Crippen LogP contribution in [0.5, 0.6) is 0 Å². The van der Waals surface area contributed by atoms with Crippen molar-refractivity contribution in [3.8, 4) is 0 Å². The SMILES string of the molecule is O=C(O)C(=O)c1ccccc1CBr. The monoisotopic (exact) mass is 242 g/mol. The molecule has 0 aliphatic heterocycles. The quantitative estimate of drug-likeness (QED) is 0.500. The largest absolute Gasteiger partial charge is 0.475 e. The number of halogens is 1. The van der Waals surface area contributed by atoms with Crippen LogP contribution < -0.4 is 0 Å². The Morgan fingerprint density at radius 2 is 1.92 bits per heavy atom. The second-order valence-electron chi connectivity index (χ2n) is 2.43. The summed E-state index contributed by atoms with van der Waals surface area (Å²) in [4.78, 5) is 21.5. The van der Waals surface area contributed by atoms with Gasteiger partial charge < -0.3 is 5.11 Å². The number of hydrogen-bond acceptors (Lipinski definition) is 2. The molecule has 0 saturated carbocycles. The molecule has 0 saturated heterocycles. The third kappa shape index (κ3) is 2.15. The maximum atomic E-state index is 11.1. The van der Waals surface area contributed by atoms with E-state index in [1.54, 1.807) is 18.2 Å². The third-order valence-electron chi connectivity index (χ3n) is 1.60. The Morgan fingerprint density at radius 3 is 2.46 bits per heavy atom. The average Bonchev–Trinajstić information content (AvgIpc) is 2.16. The Hall–Kier alpha value is -1.16. The molecule has 0 amide bonds. The molecule has 1 rings (SSSR count). The number of carbonyl (C=O) groups is 2. The minimum Gasteiger partial charge on any atom is -0.475 e. The fourth-order valence-electron chi connectivity index (χ4n) is 0.974. The lowest BCUT2D eigenvalue weighted by atomic mass is 10.1. The number of hydrogen-bond donors (Lipinski definition) is 1. The molecule has 4 heteroatoms. The van der Waals surface area contributed by atoms with Crippen LogP contribution in [-0.2, 0) is 10.1 Å². The summed E-state index contributed by atoms with van der Waals surface area (Å²) < 4.78 is 0. The number of rotatable bonds is 3. The molecule has 0 bridgehead atoms. The smallest absolute Gasteiger partial charge is 0.377 e. The Morgan fingerprint density at radius 1 is 1.31 bits per heavy atom. The number of carbonyl (C=O) groups excluding carboxylic acids is 1. The molecule has 0 fully saturated rings. The Bertz CT molecular complexity index is 346. The molecule has 0 unspecified atom stereocenters. The van der Waals surface area contributed by atoms with Gasteiger partial charge in [0.1, 0.15) is 0 Å². The van der Waals surface area contributed by atoms with Gasteiger partial charge in [0.25, 0.3) is 5.78 Å². The summed E-state index contributed by atoms with van der Waals surface area (Å²) in [6.07, 6.45) is 0. The molecule has 1 aromatic rings. The fourth-order valence-corrected chi connectivity index (χ4v) is 1.46. The van der Waals surface area contributed by atoms with Crippen molar-refractivity contribution in [1.29, 1.82) is 0 Å². The summed E-state index contributed by atoms with van der Waals surface area (Å²) in [7, 11) is 0. The predicted octanol–water partition coefficient (Wildman–Crippen LogP) is 1.85. The zero-order valence-electron chi connectivity index (χ0n) is 6.66. The molecule has 0 spiro atoms. The molecule has 0 aliphatic carbocycles. The van der Waals surface area contributed by atoms with Crippen LogP contribution in [0.2, 0.25) is 0 Å². The van der Waals surface area contributed by atoms with Gasteiger partial charge >= 0.3 is 5.97 Å². The van der Waals surface area contributed by atoms with Crippen molar-refractivity contribution in [2.24, 2.45) is 0 Å². The number of carboxylic acids is 1. The van der Waals surface area contributed by atoms with Gasteiger partial charge in [-0.2, -0.15) is 0 Å². The van der Waals surface area contributed by atoms with Crippen molar-refractivity contribution in [2.45, 2.75) is 5.33 Å². The van der Waals surface area contributed by atoms with Gasteiger partial charge in [0.2, 0.25) is 0 Å². The number of benzene rings is 1. The maximum Gasteiger partial charge on any atom is 0.377 e. The van der Waals surface area contributed by atoms with E-state index < -0.39 is 11.8 Å². The lowest BCUT2D eigenvalue weighted by molar-refractivity contribution is -0.131. The van der Waals surface area contributed by atoms with Gasteiger partial charge in [-0.05, 0) is 5.56 Å². The number of carboxylic acid groups (broad SMARTS) is 1. The summed E-state index contributed by atoms with van der Waals surface area (Å²) >= 11 is 3.18. The molecule has 1 aromatic carbocycles. The summed E-state index contributed by atoms with van der Waals surface area (Å²) in [6.45, 7) is 0. The van der Waals surface area contributed by atoms with Gasteiger partial charge in [0.05, 0.1) is 0 Å². The lowest BCUT2D eigenvalue weighted by Gasteiger charge is -2.01. The van der Waals surface area contributed by atoms with Gasteiger partial charge in [0, 0.05) is 10.9 Å². The minimum atomic E-state index is -1.42. The van der Waals surface area contributed by atoms with Crippen molar-refractivity contribution in [1.82, 2.24) is 0 Å². The number of ketones is 1. The van der Waals surface area contributed by atoms with Crippen LogP contribution >= 0.6 is 15.9 Å². The van der Waals surface area contributed by atoms with Crippen LogP contribution in [0.1, 0.15) is 15.9 Å². The van der Waals surface area contributed by atoms with E-state index in [0.717, 1.165) is 0 Å². The van der Waals surface area contributed by atoms with E-state index in [2.05, 4.69) is 15.9 Å². The molecule has 0 aliphatic rings. The summed E-state index contributed by atoms with van der Waals surface area (Å²) in [5, 5.41) is 8.96. The van der Waals surface area contributed by atoms with Crippen LogP contribution in [0.15, 0.2) is 24.3 Å². The highest BCUT2D eigenvalue weighted by atomic mass is 79.9. The standard InChI is InChI=1S/C9H7BrO3/c10-5-6-3-1-2-4-7(6)8(11)9(12)13/h1-4H,5H2,(H,12,13). The van der Waals surface area contributed by atoms with E-state index in [1.807, 2.05) is 0 Å². The lowest BCUT2D eigenvalue weighted by Crippen LogP contribution is -2.14. The third-order valence-corrected chi connectivity index (χ3v) is 2.20. The summed E-state index contributed by atoms with van der Waals surface area (Å²) in [5.41, 5.74) is 0.932. The van der Waals surface area contributed by atoms with Crippen molar-refractivity contribution in [2.75, 3.05) is 0 Å². The normalized spacial score (nSPS) is 9.62. The van der Waals surface area contributed by atoms with Crippen LogP contribution in [0.4, 0.5) is 0 Å². The fraction of sp³-hybridized carbons (Fsp3) is 0.111. The Kier molecular flexibility index (Phi) is 3.19. The van der Waals surface area contributed by atoms with Gasteiger partial charge in [0.15, 0.2) is 0 Å². The number of alkyl halides is 1. The van der Waals surface area contributed by atoms with Crippen LogP contribution in [0.3, 0.4) is 0 Å². The van der Waals surface area contributed by atoms with E-state index in [-0.39, 0.29) is 5.56 Å². The van der Waals surface area contributed by atoms with Gasteiger partial charge in [-0.1, -0.05) is 40.2 Å². The molecule has 0 radical (unpaired) electrons. The van der Waals surface area contributed by atoms with Crippen molar-refractivity contribution in [3.05, 3.63) is 35.4 Å². The first-order valence-corrected chi connectivity index (χ1v) is 4.70. The van der Waals surface area contributed by atoms with E-state index in [4.69, 9.17) is 5.11 Å². The zero-order valence-corrected chi connectivity index (χ0v) is 8.24. The molecule has 68 valence electrons. The maximum absolute atomic E-state index is 11.1. The zero-order chi connectivity index (χ0) is 9.84. The number of aliphatic carboxylic acids is 1. The van der Waals surface area contributed by atoms with Crippen molar-refractivity contribution < 1.29 is 14.7 Å². The van der Waals surface area contributed by atoms with Gasteiger partial charge in [-0.3, -0.25) is 4.79 Å². The molecular formula is C9H7BrO3. The number of Topliss-reactive ketones (excluding diaryl/α,β-unsaturated/α-hetero) is 1. The van der Waals surface area contributed by atoms with E-state index >= 15 is 0 Å². The van der Waals surface area contributed by atoms with Crippen molar-refractivity contribution >= 4 is 27.7 Å². The first kappa shape index (κ1) is 9.92. The topological polar surface area (TPSA) is 54.4 Å². The highest BCUT2D eigenvalue weighted by Gasteiger charge is 2.16. The van der Waals surface area contributed by atoms with Crippen LogP contribution in [0.25, 0.3) is 0 Å². The van der Waals surface area contributed by atoms with Gasteiger partial charge in [-0.25, -0.2) is 4.79 Å². The molecule has 13 heavy (non-hydrogen) atoms. The first-order chi connectivity index (χ1) is 6.16. The van der Waals surface area contributed by atoms with E-state index in [0.29, 0.717) is 10.9 Å². The van der Waals surface area contributed by atoms with Crippen molar-refractivity contribution in [3.63, 3.8) is 0 Å². The van der Waals surface area contributed by atoms with E-state index in [1.165, 1.54) is 6.07 Å². The second kappa shape index (κ2) is 4.18. The van der Waals surface area contributed by atoms with E-state index in [9.17, 15) is 9.59 Å². The first-order valence-electron chi connectivity index (χ1n) is 3.58. The summed E-state index contributed by atoms with van der Waals surface area (Å²) in [5.74, 6) is -2.29. The second-order valence-corrected chi connectivity index (χ2v) is 2.99. The highest BCUT2D eigenvalue weighted by Crippen LogP contribution is 2.12. The van der Waals surface area contributed by atoms with Crippen LogP contribution in [0, 0.1) is 0 Å². The summed E-state index contributed by atoms with van der Waals surface area (Å²) in [6, 6.07) is 6.62. The molecule has 0 aromatic heterocycles. The minimum absolute atomic E-state index is 0.242.